The Morgan fingerprint density at radius 2 is 1.80 bits per heavy atom. The number of rotatable bonds is 9. The second-order valence-corrected chi connectivity index (χ2v) is 4.59. The van der Waals surface area contributed by atoms with Gasteiger partial charge in [0.1, 0.15) is 6.10 Å². The average Bonchev–Trinajstić information content (AvgIpc) is 2.20. The fourth-order valence-electron chi connectivity index (χ4n) is 1.55. The predicted molar refractivity (Wildman–Crippen MR) is 67.3 cm³/mol. The maximum atomic E-state index is 10.7. The van der Waals surface area contributed by atoms with Crippen molar-refractivity contribution in [2.75, 3.05) is 5.33 Å². The zero-order chi connectivity index (χ0) is 11.5. The molecule has 0 aliphatic rings. The molecule has 0 aliphatic carbocycles. The molecule has 0 amide bonds. The molecule has 90 valence electrons. The van der Waals surface area contributed by atoms with E-state index in [0.717, 1.165) is 18.2 Å². The van der Waals surface area contributed by atoms with Gasteiger partial charge in [0, 0.05) is 12.3 Å². The Balaban J connectivity index is 3.34. The molecular formula is C12H23BrO2. The van der Waals surface area contributed by atoms with Crippen LogP contribution in [-0.2, 0) is 9.53 Å². The Labute approximate surface area is 102 Å². The summed E-state index contributed by atoms with van der Waals surface area (Å²) in [6.07, 6.45) is 8.73. The van der Waals surface area contributed by atoms with Gasteiger partial charge in [-0.25, -0.2) is 0 Å². The van der Waals surface area contributed by atoms with E-state index in [1.165, 1.54) is 39.0 Å². The van der Waals surface area contributed by atoms with Crippen molar-refractivity contribution in [2.24, 2.45) is 0 Å². The summed E-state index contributed by atoms with van der Waals surface area (Å²) < 4.78 is 5.14. The molecule has 1 atom stereocenters. The van der Waals surface area contributed by atoms with Crippen LogP contribution in [0.5, 0.6) is 0 Å². The molecule has 0 bridgehead atoms. The summed E-state index contributed by atoms with van der Waals surface area (Å²) in [4.78, 5) is 10.7. The third-order valence-electron chi connectivity index (χ3n) is 2.38. The van der Waals surface area contributed by atoms with Crippen molar-refractivity contribution >= 4 is 21.9 Å². The number of carbonyl (C=O) groups excluding carboxylic acids is 1. The SMILES string of the molecule is CCCCCCCCC(CBr)OC(C)=O. The first-order valence-corrected chi connectivity index (χ1v) is 7.06. The number of unbranched alkanes of at least 4 members (excludes halogenated alkanes) is 5. The number of halogens is 1. The molecule has 0 aliphatic heterocycles. The van der Waals surface area contributed by atoms with E-state index in [4.69, 9.17) is 4.74 Å². The molecule has 0 saturated carbocycles. The van der Waals surface area contributed by atoms with Crippen molar-refractivity contribution in [3.8, 4) is 0 Å². The van der Waals surface area contributed by atoms with E-state index in [9.17, 15) is 4.79 Å². The van der Waals surface area contributed by atoms with Gasteiger partial charge < -0.3 is 4.74 Å². The predicted octanol–water partition coefficient (Wildman–Crippen LogP) is 4.06. The number of esters is 1. The van der Waals surface area contributed by atoms with Crippen LogP contribution in [0.4, 0.5) is 0 Å². The number of ether oxygens (including phenoxy) is 1. The summed E-state index contributed by atoms with van der Waals surface area (Å²) in [5.41, 5.74) is 0. The Kier molecular flexibility index (Phi) is 10.4. The molecule has 0 spiro atoms. The molecule has 0 heterocycles. The third-order valence-corrected chi connectivity index (χ3v) is 3.11. The van der Waals surface area contributed by atoms with E-state index in [1.807, 2.05) is 0 Å². The van der Waals surface area contributed by atoms with E-state index < -0.39 is 0 Å². The minimum Gasteiger partial charge on any atom is -0.462 e. The van der Waals surface area contributed by atoms with Crippen LogP contribution in [0.1, 0.15) is 58.8 Å². The smallest absolute Gasteiger partial charge is 0.302 e. The van der Waals surface area contributed by atoms with Gasteiger partial charge in [0.25, 0.3) is 0 Å². The highest BCUT2D eigenvalue weighted by Gasteiger charge is 2.09. The summed E-state index contributed by atoms with van der Waals surface area (Å²) in [7, 11) is 0. The molecule has 0 N–H and O–H groups in total. The van der Waals surface area contributed by atoms with Gasteiger partial charge in [0.2, 0.25) is 0 Å². The van der Waals surface area contributed by atoms with Gasteiger partial charge in [-0.15, -0.1) is 0 Å². The lowest BCUT2D eigenvalue weighted by molar-refractivity contribution is -0.145. The van der Waals surface area contributed by atoms with Gasteiger partial charge in [-0.1, -0.05) is 55.0 Å². The van der Waals surface area contributed by atoms with E-state index in [2.05, 4.69) is 22.9 Å². The molecule has 0 fully saturated rings. The Hall–Kier alpha value is -0.0500. The second-order valence-electron chi connectivity index (χ2n) is 3.94. The molecular weight excluding hydrogens is 256 g/mol. The molecule has 3 heteroatoms. The van der Waals surface area contributed by atoms with Gasteiger partial charge in [-0.05, 0) is 12.8 Å². The average molecular weight is 279 g/mol. The summed E-state index contributed by atoms with van der Waals surface area (Å²) in [5, 5.41) is 0.752. The summed E-state index contributed by atoms with van der Waals surface area (Å²) in [6.45, 7) is 3.69. The summed E-state index contributed by atoms with van der Waals surface area (Å²) in [5.74, 6) is -0.176. The molecule has 0 aromatic carbocycles. The first-order valence-electron chi connectivity index (χ1n) is 5.93. The molecule has 1 unspecified atom stereocenters. The van der Waals surface area contributed by atoms with Gasteiger partial charge in [0.15, 0.2) is 0 Å². The molecule has 0 aromatic rings. The summed E-state index contributed by atoms with van der Waals surface area (Å²) >= 11 is 3.36. The number of hydrogen-bond donors (Lipinski definition) is 0. The van der Waals surface area contributed by atoms with Crippen LogP contribution in [0.15, 0.2) is 0 Å². The maximum absolute atomic E-state index is 10.7. The van der Waals surface area contributed by atoms with Gasteiger partial charge in [0.05, 0.1) is 0 Å². The van der Waals surface area contributed by atoms with Crippen LogP contribution in [0.2, 0.25) is 0 Å². The standard InChI is InChI=1S/C12H23BrO2/c1-3-4-5-6-7-8-9-12(10-13)15-11(2)14/h12H,3-10H2,1-2H3. The lowest BCUT2D eigenvalue weighted by Gasteiger charge is -2.13. The molecule has 15 heavy (non-hydrogen) atoms. The quantitative estimate of drug-likeness (QED) is 0.361. The van der Waals surface area contributed by atoms with Crippen LogP contribution in [0.3, 0.4) is 0 Å². The zero-order valence-electron chi connectivity index (χ0n) is 9.93. The van der Waals surface area contributed by atoms with Gasteiger partial charge in [-0.2, -0.15) is 0 Å². The number of carbonyl (C=O) groups is 1. The van der Waals surface area contributed by atoms with Crippen molar-refractivity contribution < 1.29 is 9.53 Å². The van der Waals surface area contributed by atoms with Crippen LogP contribution in [0.25, 0.3) is 0 Å². The molecule has 0 saturated heterocycles. The molecule has 2 nitrogen and oxygen atoms in total. The largest absolute Gasteiger partial charge is 0.462 e. The van der Waals surface area contributed by atoms with Crippen molar-refractivity contribution in [1.82, 2.24) is 0 Å². The van der Waals surface area contributed by atoms with Crippen LogP contribution in [-0.4, -0.2) is 17.4 Å². The fraction of sp³-hybridized carbons (Fsp3) is 0.917. The van der Waals surface area contributed by atoms with E-state index >= 15 is 0 Å². The highest BCUT2D eigenvalue weighted by Crippen LogP contribution is 2.12. The lowest BCUT2D eigenvalue weighted by atomic mass is 10.1. The third kappa shape index (κ3) is 10.2. The van der Waals surface area contributed by atoms with E-state index in [1.54, 1.807) is 0 Å². The fourth-order valence-corrected chi connectivity index (χ4v) is 2.01. The lowest BCUT2D eigenvalue weighted by Crippen LogP contribution is -2.17. The number of alkyl halides is 1. The van der Waals surface area contributed by atoms with E-state index in [0.29, 0.717) is 0 Å². The van der Waals surface area contributed by atoms with Crippen molar-refractivity contribution in [1.29, 1.82) is 0 Å². The molecule has 0 aromatic heterocycles. The molecule has 0 rings (SSSR count). The minimum atomic E-state index is -0.176. The zero-order valence-corrected chi connectivity index (χ0v) is 11.5. The van der Waals surface area contributed by atoms with Gasteiger partial charge in [-0.3, -0.25) is 4.79 Å². The van der Waals surface area contributed by atoms with Crippen molar-refractivity contribution in [3.05, 3.63) is 0 Å². The van der Waals surface area contributed by atoms with Gasteiger partial charge >= 0.3 is 5.97 Å². The first-order chi connectivity index (χ1) is 7.20. The Morgan fingerprint density at radius 3 is 2.33 bits per heavy atom. The molecule has 0 radical (unpaired) electrons. The van der Waals surface area contributed by atoms with Crippen LogP contribution < -0.4 is 0 Å². The topological polar surface area (TPSA) is 26.3 Å². The summed E-state index contributed by atoms with van der Waals surface area (Å²) in [6, 6.07) is 0. The Morgan fingerprint density at radius 1 is 1.20 bits per heavy atom. The Bertz CT molecular complexity index is 160. The first kappa shape index (κ1) is 14.9. The van der Waals surface area contributed by atoms with Crippen LogP contribution >= 0.6 is 15.9 Å². The normalized spacial score (nSPS) is 12.5. The van der Waals surface area contributed by atoms with Crippen molar-refractivity contribution in [3.63, 3.8) is 0 Å². The highest BCUT2D eigenvalue weighted by molar-refractivity contribution is 9.09. The van der Waals surface area contributed by atoms with E-state index in [-0.39, 0.29) is 12.1 Å². The minimum absolute atomic E-state index is 0.0636. The van der Waals surface area contributed by atoms with Crippen molar-refractivity contribution in [2.45, 2.75) is 64.9 Å². The second kappa shape index (κ2) is 10.5. The number of hydrogen-bond acceptors (Lipinski definition) is 2. The maximum Gasteiger partial charge on any atom is 0.302 e. The van der Waals surface area contributed by atoms with Crippen LogP contribution in [0, 0.1) is 0 Å². The highest BCUT2D eigenvalue weighted by atomic mass is 79.9. The monoisotopic (exact) mass is 278 g/mol.